The molecule has 0 saturated carbocycles. The van der Waals surface area contributed by atoms with Crippen LogP contribution < -0.4 is 28.4 Å². The van der Waals surface area contributed by atoms with Crippen molar-refractivity contribution < 1.29 is 28.4 Å². The first-order valence-electron chi connectivity index (χ1n) is 22.9. The highest BCUT2D eigenvalue weighted by Gasteiger charge is 2.23. The van der Waals surface area contributed by atoms with Gasteiger partial charge in [-0.05, 0) is 146 Å². The van der Waals surface area contributed by atoms with Gasteiger partial charge in [-0.2, -0.15) is 0 Å². The number of hydrogen-bond donors (Lipinski definition) is 0. The molecule has 0 atom stereocenters. The number of fused-ring (bicyclic) bond motifs is 9. The van der Waals surface area contributed by atoms with E-state index in [4.69, 9.17) is 43.4 Å². The second-order valence-electron chi connectivity index (χ2n) is 17.0. The van der Waals surface area contributed by atoms with E-state index >= 15 is 0 Å². The van der Waals surface area contributed by atoms with Crippen LogP contribution in [0.5, 0.6) is 34.5 Å². The highest BCUT2D eigenvalue weighted by molar-refractivity contribution is 7.18. The number of rotatable bonds is 12. The van der Waals surface area contributed by atoms with E-state index in [-0.39, 0.29) is 0 Å². The number of aromatic nitrogens is 6. The predicted molar refractivity (Wildman–Crippen MR) is 292 cm³/mol. The minimum absolute atomic E-state index is 0.576. The molecule has 0 saturated heterocycles. The van der Waals surface area contributed by atoms with Gasteiger partial charge in [0.15, 0.2) is 17.5 Å². The van der Waals surface area contributed by atoms with Gasteiger partial charge in [0.1, 0.15) is 49.5 Å². The molecule has 15 heteroatoms. The molecular weight excluding hydrogens is 961 g/mol. The van der Waals surface area contributed by atoms with Crippen LogP contribution in [0.15, 0.2) is 146 Å². The quantitative estimate of drug-likeness (QED) is 0.118. The molecule has 0 aliphatic heterocycles. The zero-order valence-electron chi connectivity index (χ0n) is 39.7. The molecule has 0 bridgehead atoms. The number of thiophene rings is 3. The molecule has 0 aliphatic rings. The van der Waals surface area contributed by atoms with E-state index in [1.807, 2.05) is 36.4 Å². The van der Waals surface area contributed by atoms with Gasteiger partial charge in [0, 0.05) is 32.3 Å². The van der Waals surface area contributed by atoms with Crippen molar-refractivity contribution in [2.45, 2.75) is 0 Å². The fourth-order valence-electron chi connectivity index (χ4n) is 9.83. The molecule has 6 aromatic carbocycles. The summed E-state index contributed by atoms with van der Waals surface area (Å²) in [5.74, 6) is 6.44. The summed E-state index contributed by atoms with van der Waals surface area (Å²) >= 11 is 4.89. The van der Waals surface area contributed by atoms with E-state index in [0.29, 0.717) is 17.5 Å². The summed E-state index contributed by atoms with van der Waals surface area (Å²) in [6.07, 6.45) is 0. The smallest absolute Gasteiger partial charge is 0.174 e. The molecule has 0 fully saturated rings. The molecule has 0 amide bonds. The Morgan fingerprint density at radius 1 is 0.278 bits per heavy atom. The van der Waals surface area contributed by atoms with Gasteiger partial charge in [0.05, 0.1) is 90.4 Å². The fraction of sp³-hybridized carbons (Fsp3) is 0.105. The van der Waals surface area contributed by atoms with Crippen molar-refractivity contribution in [3.8, 4) is 81.6 Å². The zero-order valence-corrected chi connectivity index (χ0v) is 42.2. The Hall–Kier alpha value is -8.37. The molecule has 13 rings (SSSR count). The van der Waals surface area contributed by atoms with Gasteiger partial charge in [0.25, 0.3) is 0 Å². The van der Waals surface area contributed by atoms with Gasteiger partial charge in [-0.3, -0.25) is 0 Å². The molecule has 0 spiro atoms. The Kier molecular flexibility index (Phi) is 10.4. The number of methoxy groups -OCH3 is 6. The van der Waals surface area contributed by atoms with Gasteiger partial charge in [-0.15, -0.1) is 34.0 Å². The maximum atomic E-state index is 5.67. The summed E-state index contributed by atoms with van der Waals surface area (Å²) in [7, 11) is 10.1. The molecule has 354 valence electrons. The maximum absolute atomic E-state index is 5.67. The van der Waals surface area contributed by atoms with Crippen molar-refractivity contribution in [3.05, 3.63) is 146 Å². The molecule has 0 aliphatic carbocycles. The summed E-state index contributed by atoms with van der Waals surface area (Å²) in [4.78, 5) is 18.6. The molecule has 7 aromatic heterocycles. The summed E-state index contributed by atoms with van der Waals surface area (Å²) in [5.41, 5.74) is 6.28. The number of ether oxygens (including phenoxy) is 6. The van der Waals surface area contributed by atoms with Crippen molar-refractivity contribution in [1.82, 2.24) is 28.7 Å². The van der Waals surface area contributed by atoms with Gasteiger partial charge in [0.2, 0.25) is 0 Å². The van der Waals surface area contributed by atoms with E-state index in [1.165, 1.54) is 0 Å². The lowest BCUT2D eigenvalue weighted by molar-refractivity contribution is 0.415. The van der Waals surface area contributed by atoms with Crippen LogP contribution in [0.1, 0.15) is 0 Å². The first-order valence-corrected chi connectivity index (χ1v) is 25.4. The Balaban J connectivity index is 0.977. The Morgan fingerprint density at radius 2 is 0.486 bits per heavy atom. The van der Waals surface area contributed by atoms with E-state index in [1.54, 1.807) is 76.7 Å². The summed E-state index contributed by atoms with van der Waals surface area (Å²) in [6.45, 7) is 0. The molecule has 72 heavy (non-hydrogen) atoms. The SMILES string of the molecule is COc1ccc2c(c1)c1cc(OC)ccc1n2-c1ccc(-c2nc(-c3ccc(-n4c5ccc(OC)cc5c5cc(OC)ccc54)s3)nc(-c3ccc(-n4c5ccc(OC)cc5c5cc(OC)ccc54)s3)n2)s1. The Labute approximate surface area is 424 Å². The second-order valence-corrected chi connectivity index (χ2v) is 20.2. The maximum Gasteiger partial charge on any atom is 0.174 e. The minimum Gasteiger partial charge on any atom is -0.497 e. The van der Waals surface area contributed by atoms with Crippen LogP contribution in [-0.4, -0.2) is 71.3 Å². The van der Waals surface area contributed by atoms with E-state index < -0.39 is 0 Å². The predicted octanol–water partition coefficient (Wildman–Crippen LogP) is 14.4. The molecule has 7 heterocycles. The standard InChI is InChI=1S/C57H42N6O6S3/c1-64-31-7-13-43-37(25-31)38-26-32(65-2)8-14-44(38)61(43)52-22-19-49(70-52)55-58-56(50-20-23-53(71-50)62-45-15-9-33(66-3)27-39(45)40-28-34(67-4)10-16-46(40)62)60-57(59-55)51-21-24-54(72-51)63-47-17-11-35(68-5)29-41(47)42-30-36(69-6)12-18-48(42)63/h7-30H,1-6H3. The van der Waals surface area contributed by atoms with Gasteiger partial charge in [-0.1, -0.05) is 0 Å². The van der Waals surface area contributed by atoms with Crippen molar-refractivity contribution in [2.24, 2.45) is 0 Å². The minimum atomic E-state index is 0.576. The lowest BCUT2D eigenvalue weighted by Crippen LogP contribution is -1.97. The third-order valence-corrected chi connectivity index (χ3v) is 16.5. The Morgan fingerprint density at radius 3 is 0.681 bits per heavy atom. The zero-order chi connectivity index (χ0) is 48.8. The van der Waals surface area contributed by atoms with Crippen LogP contribution >= 0.6 is 34.0 Å². The molecule has 13 aromatic rings. The number of nitrogens with zero attached hydrogens (tertiary/aromatic N) is 6. The molecule has 0 radical (unpaired) electrons. The lowest BCUT2D eigenvalue weighted by atomic mass is 10.1. The van der Waals surface area contributed by atoms with Gasteiger partial charge in [-0.25, -0.2) is 15.0 Å². The average Bonchev–Trinajstić information content (AvgIpc) is 4.31. The van der Waals surface area contributed by atoms with E-state index in [9.17, 15) is 0 Å². The van der Waals surface area contributed by atoms with Crippen LogP contribution in [0.25, 0.3) is 113 Å². The summed E-state index contributed by atoms with van der Waals surface area (Å²) in [6, 6.07) is 49.9. The van der Waals surface area contributed by atoms with E-state index in [0.717, 1.165) is 130 Å². The van der Waals surface area contributed by atoms with Crippen molar-refractivity contribution >= 4 is 99.4 Å². The fourth-order valence-corrected chi connectivity index (χ4v) is 12.7. The first kappa shape index (κ1) is 43.6. The number of benzene rings is 6. The first-order chi connectivity index (χ1) is 35.3. The highest BCUT2D eigenvalue weighted by Crippen LogP contribution is 2.44. The average molecular weight is 1000 g/mol. The molecule has 0 N–H and O–H groups in total. The normalized spacial score (nSPS) is 11.8. The second kappa shape index (κ2) is 17.2. The Bertz CT molecular complexity index is 3660. The van der Waals surface area contributed by atoms with Gasteiger partial charge >= 0.3 is 0 Å². The van der Waals surface area contributed by atoms with Crippen LogP contribution in [0.4, 0.5) is 0 Å². The van der Waals surface area contributed by atoms with Crippen LogP contribution in [0.2, 0.25) is 0 Å². The van der Waals surface area contributed by atoms with Crippen molar-refractivity contribution in [2.75, 3.05) is 42.7 Å². The van der Waals surface area contributed by atoms with Crippen LogP contribution in [0, 0.1) is 0 Å². The summed E-state index contributed by atoms with van der Waals surface area (Å²) < 4.78 is 40.9. The molecular formula is C57H42N6O6S3. The highest BCUT2D eigenvalue weighted by atomic mass is 32.1. The largest absolute Gasteiger partial charge is 0.497 e. The lowest BCUT2D eigenvalue weighted by Gasteiger charge is -2.07. The van der Waals surface area contributed by atoms with E-state index in [2.05, 4.69) is 123 Å². The molecule has 0 unspecified atom stereocenters. The monoisotopic (exact) mass is 1000 g/mol. The van der Waals surface area contributed by atoms with Crippen molar-refractivity contribution in [1.29, 1.82) is 0 Å². The van der Waals surface area contributed by atoms with Crippen LogP contribution in [-0.2, 0) is 0 Å². The molecule has 12 nitrogen and oxygen atoms in total. The third kappa shape index (κ3) is 6.94. The van der Waals surface area contributed by atoms with Crippen LogP contribution in [0.3, 0.4) is 0 Å². The van der Waals surface area contributed by atoms with Crippen molar-refractivity contribution in [3.63, 3.8) is 0 Å². The van der Waals surface area contributed by atoms with Gasteiger partial charge < -0.3 is 42.1 Å². The summed E-state index contributed by atoms with van der Waals surface area (Å²) in [5, 5.41) is 9.42. The number of hydrogen-bond acceptors (Lipinski definition) is 12. The topological polar surface area (TPSA) is 109 Å². The third-order valence-electron chi connectivity index (χ3n) is 13.3.